The Morgan fingerprint density at radius 1 is 1.11 bits per heavy atom. The van der Waals surface area contributed by atoms with Crippen LogP contribution in [0.2, 0.25) is 0 Å². The average Bonchev–Trinajstić information content (AvgIpc) is 2.69. The highest BCUT2D eigenvalue weighted by Gasteiger charge is 2.27. The quantitative estimate of drug-likeness (QED) is 0.687. The summed E-state index contributed by atoms with van der Waals surface area (Å²) in [5.74, 6) is 1.52. The minimum Gasteiger partial charge on any atom is -0.355 e. The summed E-state index contributed by atoms with van der Waals surface area (Å²) in [7, 11) is 0. The van der Waals surface area contributed by atoms with Crippen LogP contribution in [0.3, 0.4) is 0 Å². The Bertz CT molecular complexity index is 968. The lowest BCUT2D eigenvalue weighted by Gasteiger charge is -2.32. The van der Waals surface area contributed by atoms with Gasteiger partial charge >= 0.3 is 0 Å². The van der Waals surface area contributed by atoms with Crippen LogP contribution in [-0.4, -0.2) is 33.9 Å². The SMILES string of the molecule is Cc1nc2ccccc2nc1N1CCC(C(=O)Nc2ccc(Br)cn2)CC1. The van der Waals surface area contributed by atoms with E-state index in [0.717, 1.165) is 52.9 Å². The molecule has 2 aromatic heterocycles. The number of piperidine rings is 1. The number of hydrogen-bond donors (Lipinski definition) is 1. The van der Waals surface area contributed by atoms with Crippen LogP contribution in [0.15, 0.2) is 47.1 Å². The first-order chi connectivity index (χ1) is 13.1. The lowest BCUT2D eigenvalue weighted by molar-refractivity contribution is -0.120. The van der Waals surface area contributed by atoms with Crippen molar-refractivity contribution < 1.29 is 4.79 Å². The molecule has 0 bridgehead atoms. The van der Waals surface area contributed by atoms with E-state index in [2.05, 4.69) is 36.1 Å². The summed E-state index contributed by atoms with van der Waals surface area (Å²) in [6, 6.07) is 11.6. The Hall–Kier alpha value is -2.54. The first-order valence-electron chi connectivity index (χ1n) is 9.01. The molecule has 0 radical (unpaired) electrons. The summed E-state index contributed by atoms with van der Waals surface area (Å²) < 4.78 is 0.890. The van der Waals surface area contributed by atoms with Gasteiger partial charge in [0.2, 0.25) is 5.91 Å². The maximum absolute atomic E-state index is 12.5. The Kier molecular flexibility index (Phi) is 5.03. The van der Waals surface area contributed by atoms with Crippen molar-refractivity contribution in [2.45, 2.75) is 19.8 Å². The van der Waals surface area contributed by atoms with Crippen LogP contribution in [0.4, 0.5) is 11.6 Å². The number of benzene rings is 1. The Balaban J connectivity index is 1.42. The molecule has 3 aromatic rings. The third kappa shape index (κ3) is 3.93. The Morgan fingerprint density at radius 2 is 1.81 bits per heavy atom. The summed E-state index contributed by atoms with van der Waals surface area (Å²) in [6.45, 7) is 3.58. The molecule has 7 heteroatoms. The number of hydrogen-bond acceptors (Lipinski definition) is 5. The predicted octanol–water partition coefficient (Wildman–Crippen LogP) is 3.95. The number of rotatable bonds is 3. The van der Waals surface area contributed by atoms with E-state index in [1.54, 1.807) is 12.3 Å². The number of aryl methyl sites for hydroxylation is 1. The molecule has 138 valence electrons. The van der Waals surface area contributed by atoms with Gasteiger partial charge in [-0.2, -0.15) is 0 Å². The van der Waals surface area contributed by atoms with Crippen LogP contribution in [0.5, 0.6) is 0 Å². The summed E-state index contributed by atoms with van der Waals surface area (Å²) in [4.78, 5) is 28.4. The second kappa shape index (κ2) is 7.60. The molecule has 3 heterocycles. The number of carbonyl (C=O) groups excluding carboxylic acids is 1. The molecule has 1 fully saturated rings. The molecule has 1 N–H and O–H groups in total. The molecule has 1 aliphatic heterocycles. The highest BCUT2D eigenvalue weighted by Crippen LogP contribution is 2.26. The van der Waals surface area contributed by atoms with E-state index in [4.69, 9.17) is 4.98 Å². The van der Waals surface area contributed by atoms with Crippen LogP contribution in [0, 0.1) is 12.8 Å². The standard InChI is InChI=1S/C20H20BrN5O/c1-13-19(24-17-5-3-2-4-16(17)23-13)26-10-8-14(9-11-26)20(27)25-18-7-6-15(21)12-22-18/h2-7,12,14H,8-11H2,1H3,(H,22,25,27). The second-order valence-electron chi connectivity index (χ2n) is 6.73. The van der Waals surface area contributed by atoms with Crippen LogP contribution in [0.25, 0.3) is 11.0 Å². The van der Waals surface area contributed by atoms with Crippen molar-refractivity contribution in [2.75, 3.05) is 23.3 Å². The maximum atomic E-state index is 12.5. The van der Waals surface area contributed by atoms with E-state index in [9.17, 15) is 4.79 Å². The fraction of sp³-hybridized carbons (Fsp3) is 0.300. The number of carbonyl (C=O) groups is 1. The molecule has 0 unspecified atom stereocenters. The van der Waals surface area contributed by atoms with E-state index >= 15 is 0 Å². The van der Waals surface area contributed by atoms with E-state index < -0.39 is 0 Å². The van der Waals surface area contributed by atoms with Gasteiger partial charge in [0.25, 0.3) is 0 Å². The number of aromatic nitrogens is 3. The molecule has 0 atom stereocenters. The lowest BCUT2D eigenvalue weighted by atomic mass is 9.96. The van der Waals surface area contributed by atoms with Crippen LogP contribution < -0.4 is 10.2 Å². The first kappa shape index (κ1) is 17.9. The fourth-order valence-electron chi connectivity index (χ4n) is 3.41. The van der Waals surface area contributed by atoms with Crippen molar-refractivity contribution in [3.8, 4) is 0 Å². The average molecular weight is 426 g/mol. The normalized spacial score (nSPS) is 15.1. The number of pyridine rings is 1. The summed E-state index contributed by atoms with van der Waals surface area (Å²) in [5.41, 5.74) is 2.74. The molecule has 1 aromatic carbocycles. The third-order valence-corrected chi connectivity index (χ3v) is 5.33. The van der Waals surface area contributed by atoms with Crippen molar-refractivity contribution in [1.82, 2.24) is 15.0 Å². The topological polar surface area (TPSA) is 71.0 Å². The minimum absolute atomic E-state index is 0.0135. The summed E-state index contributed by atoms with van der Waals surface area (Å²) in [5, 5.41) is 2.91. The zero-order valence-corrected chi connectivity index (χ0v) is 16.6. The van der Waals surface area contributed by atoms with Gasteiger partial charge in [0.1, 0.15) is 5.82 Å². The monoisotopic (exact) mass is 425 g/mol. The Morgan fingerprint density at radius 3 is 2.48 bits per heavy atom. The van der Waals surface area contributed by atoms with E-state index in [1.165, 1.54) is 0 Å². The molecule has 0 spiro atoms. The number of halogens is 1. The number of nitrogens with zero attached hydrogens (tertiary/aromatic N) is 4. The number of para-hydroxylation sites is 2. The zero-order chi connectivity index (χ0) is 18.8. The highest BCUT2D eigenvalue weighted by molar-refractivity contribution is 9.10. The smallest absolute Gasteiger partial charge is 0.228 e. The van der Waals surface area contributed by atoms with Gasteiger partial charge in [-0.05, 0) is 60.0 Å². The highest BCUT2D eigenvalue weighted by atomic mass is 79.9. The van der Waals surface area contributed by atoms with Gasteiger partial charge in [-0.3, -0.25) is 4.79 Å². The molecule has 0 saturated carbocycles. The molecular formula is C20H20BrN5O. The molecular weight excluding hydrogens is 406 g/mol. The molecule has 6 nitrogen and oxygen atoms in total. The molecule has 4 rings (SSSR count). The second-order valence-corrected chi connectivity index (χ2v) is 7.65. The van der Waals surface area contributed by atoms with Gasteiger partial charge in [0.15, 0.2) is 5.82 Å². The van der Waals surface area contributed by atoms with Crippen LogP contribution >= 0.6 is 15.9 Å². The van der Waals surface area contributed by atoms with Gasteiger partial charge in [-0.15, -0.1) is 0 Å². The van der Waals surface area contributed by atoms with E-state index in [0.29, 0.717) is 5.82 Å². The maximum Gasteiger partial charge on any atom is 0.228 e. The zero-order valence-electron chi connectivity index (χ0n) is 15.0. The van der Waals surface area contributed by atoms with Crippen LogP contribution in [0.1, 0.15) is 18.5 Å². The molecule has 1 aliphatic rings. The van der Waals surface area contributed by atoms with Gasteiger partial charge in [0.05, 0.1) is 16.7 Å². The van der Waals surface area contributed by atoms with Crippen molar-refractivity contribution in [1.29, 1.82) is 0 Å². The van der Waals surface area contributed by atoms with Crippen molar-refractivity contribution in [3.63, 3.8) is 0 Å². The summed E-state index contributed by atoms with van der Waals surface area (Å²) in [6.07, 6.45) is 3.26. The van der Waals surface area contributed by atoms with Gasteiger partial charge in [-0.1, -0.05) is 12.1 Å². The van der Waals surface area contributed by atoms with E-state index in [1.807, 2.05) is 37.3 Å². The molecule has 1 amide bonds. The van der Waals surface area contributed by atoms with Crippen molar-refractivity contribution in [2.24, 2.45) is 5.92 Å². The number of fused-ring (bicyclic) bond motifs is 1. The fourth-order valence-corrected chi connectivity index (χ4v) is 3.64. The Labute approximate surface area is 166 Å². The van der Waals surface area contributed by atoms with Gasteiger partial charge in [0, 0.05) is 29.7 Å². The van der Waals surface area contributed by atoms with Gasteiger partial charge < -0.3 is 10.2 Å². The number of nitrogens with one attached hydrogen (secondary N) is 1. The lowest BCUT2D eigenvalue weighted by Crippen LogP contribution is -2.39. The third-order valence-electron chi connectivity index (χ3n) is 4.86. The molecule has 27 heavy (non-hydrogen) atoms. The minimum atomic E-state index is -0.0135. The van der Waals surface area contributed by atoms with Crippen LogP contribution in [-0.2, 0) is 4.79 Å². The molecule has 0 aliphatic carbocycles. The predicted molar refractivity (Wildman–Crippen MR) is 110 cm³/mol. The van der Waals surface area contributed by atoms with E-state index in [-0.39, 0.29) is 11.8 Å². The van der Waals surface area contributed by atoms with Crippen molar-refractivity contribution >= 4 is 44.5 Å². The summed E-state index contributed by atoms with van der Waals surface area (Å²) >= 11 is 3.35. The van der Waals surface area contributed by atoms with Crippen molar-refractivity contribution in [3.05, 3.63) is 52.8 Å². The number of amides is 1. The van der Waals surface area contributed by atoms with Gasteiger partial charge in [-0.25, -0.2) is 15.0 Å². The molecule has 1 saturated heterocycles. The first-order valence-corrected chi connectivity index (χ1v) is 9.80. The largest absolute Gasteiger partial charge is 0.355 e. The number of anilines is 2.